The van der Waals surface area contributed by atoms with Crippen LogP contribution in [0, 0.1) is 0 Å². The summed E-state index contributed by atoms with van der Waals surface area (Å²) < 4.78 is 31.4. The zero-order valence-corrected chi connectivity index (χ0v) is 19.1. The van der Waals surface area contributed by atoms with Crippen LogP contribution in [0.1, 0.15) is 58.8 Å². The van der Waals surface area contributed by atoms with E-state index in [0.29, 0.717) is 30.5 Å². The van der Waals surface area contributed by atoms with Gasteiger partial charge in [-0.2, -0.15) is 0 Å². The normalized spacial score (nSPS) is 23.5. The van der Waals surface area contributed by atoms with Crippen molar-refractivity contribution in [2.75, 3.05) is 45.0 Å². The fraction of sp³-hybridized carbons (Fsp3) is 0.810. The number of carbonyl (C=O) groups excluding carboxylic acids is 2. The zero-order chi connectivity index (χ0) is 21.8. The standard InChI is InChI=1S/C21H35N3O5S/c1-3-30(27,28)24-15-9-21(10-16-24)18(17(2)20(26)29-21)19(25)22-11-8-14-23-12-6-4-5-7-13-23/h3-16H2,1-2H3,(H,22,25). The predicted molar refractivity (Wildman–Crippen MR) is 114 cm³/mol. The molecular weight excluding hydrogens is 406 g/mol. The molecule has 3 rings (SSSR count). The van der Waals surface area contributed by atoms with Crippen molar-refractivity contribution in [2.45, 2.75) is 64.4 Å². The van der Waals surface area contributed by atoms with Gasteiger partial charge in [0.05, 0.1) is 11.3 Å². The molecule has 0 unspecified atom stereocenters. The van der Waals surface area contributed by atoms with E-state index in [-0.39, 0.29) is 24.7 Å². The van der Waals surface area contributed by atoms with Gasteiger partial charge in [-0.3, -0.25) is 4.79 Å². The van der Waals surface area contributed by atoms with Gasteiger partial charge in [-0.1, -0.05) is 12.8 Å². The van der Waals surface area contributed by atoms with Gasteiger partial charge in [0, 0.05) is 38.0 Å². The number of amides is 1. The lowest BCUT2D eigenvalue weighted by atomic mass is 9.83. The molecule has 0 aromatic carbocycles. The Morgan fingerprint density at radius 3 is 2.33 bits per heavy atom. The van der Waals surface area contributed by atoms with E-state index in [9.17, 15) is 18.0 Å². The molecule has 3 heterocycles. The molecule has 0 bridgehead atoms. The van der Waals surface area contributed by atoms with Crippen molar-refractivity contribution < 1.29 is 22.7 Å². The van der Waals surface area contributed by atoms with E-state index in [0.717, 1.165) is 26.1 Å². The van der Waals surface area contributed by atoms with E-state index in [1.807, 2.05) is 0 Å². The third kappa shape index (κ3) is 5.06. The average Bonchev–Trinajstić information content (AvgIpc) is 2.89. The molecular formula is C21H35N3O5S. The largest absolute Gasteiger partial charge is 0.450 e. The Morgan fingerprint density at radius 2 is 1.73 bits per heavy atom. The van der Waals surface area contributed by atoms with E-state index in [4.69, 9.17) is 4.74 Å². The van der Waals surface area contributed by atoms with Gasteiger partial charge in [-0.05, 0) is 52.7 Å². The number of piperidine rings is 1. The minimum atomic E-state index is -3.29. The van der Waals surface area contributed by atoms with Crippen LogP contribution in [0.15, 0.2) is 11.1 Å². The third-order valence-electron chi connectivity index (χ3n) is 6.58. The monoisotopic (exact) mass is 441 g/mol. The molecule has 3 aliphatic rings. The maximum absolute atomic E-state index is 13.0. The number of hydrogen-bond donors (Lipinski definition) is 1. The van der Waals surface area contributed by atoms with Gasteiger partial charge >= 0.3 is 5.97 Å². The van der Waals surface area contributed by atoms with Crippen molar-refractivity contribution in [3.8, 4) is 0 Å². The Labute approximate surface area is 180 Å². The number of likely N-dealkylation sites (tertiary alicyclic amines) is 1. The molecule has 170 valence electrons. The number of sulfonamides is 1. The highest BCUT2D eigenvalue weighted by molar-refractivity contribution is 7.89. The molecule has 8 nitrogen and oxygen atoms in total. The minimum absolute atomic E-state index is 0.0407. The summed E-state index contributed by atoms with van der Waals surface area (Å²) in [6.07, 6.45) is 6.57. The SMILES string of the molecule is CCS(=O)(=O)N1CCC2(CC1)OC(=O)C(C)=C2C(=O)NCCCN1CCCCCC1. The number of hydrogen-bond acceptors (Lipinski definition) is 6. The summed E-state index contributed by atoms with van der Waals surface area (Å²) in [5.41, 5.74) is -0.280. The van der Waals surface area contributed by atoms with Crippen LogP contribution in [0.2, 0.25) is 0 Å². The predicted octanol–water partition coefficient (Wildman–Crippen LogP) is 1.43. The first kappa shape index (κ1) is 23.2. The van der Waals surface area contributed by atoms with Crippen LogP contribution in [0.5, 0.6) is 0 Å². The first-order chi connectivity index (χ1) is 14.3. The van der Waals surface area contributed by atoms with E-state index >= 15 is 0 Å². The van der Waals surface area contributed by atoms with Crippen molar-refractivity contribution >= 4 is 21.9 Å². The first-order valence-corrected chi connectivity index (χ1v) is 12.8. The van der Waals surface area contributed by atoms with Crippen LogP contribution in [0.25, 0.3) is 0 Å². The lowest BCUT2D eigenvalue weighted by Gasteiger charge is -2.38. The molecule has 0 radical (unpaired) electrons. The van der Waals surface area contributed by atoms with Gasteiger partial charge in [-0.25, -0.2) is 17.5 Å². The Bertz CT molecular complexity index is 776. The van der Waals surface area contributed by atoms with E-state index in [1.54, 1.807) is 13.8 Å². The first-order valence-electron chi connectivity index (χ1n) is 11.2. The summed E-state index contributed by atoms with van der Waals surface area (Å²) >= 11 is 0. The molecule has 0 atom stereocenters. The molecule has 1 spiro atoms. The quantitative estimate of drug-likeness (QED) is 0.474. The topological polar surface area (TPSA) is 96.0 Å². The fourth-order valence-corrected chi connectivity index (χ4v) is 5.84. The number of esters is 1. The van der Waals surface area contributed by atoms with Crippen molar-refractivity contribution in [1.29, 1.82) is 0 Å². The number of rotatable bonds is 7. The van der Waals surface area contributed by atoms with E-state index < -0.39 is 21.6 Å². The Morgan fingerprint density at radius 1 is 1.10 bits per heavy atom. The van der Waals surface area contributed by atoms with Gasteiger partial charge in [0.15, 0.2) is 0 Å². The summed E-state index contributed by atoms with van der Waals surface area (Å²) in [5, 5.41) is 2.97. The van der Waals surface area contributed by atoms with Crippen LogP contribution < -0.4 is 5.32 Å². The average molecular weight is 442 g/mol. The summed E-state index contributed by atoms with van der Waals surface area (Å²) in [7, 11) is -3.29. The highest BCUT2D eigenvalue weighted by Crippen LogP contribution is 2.41. The van der Waals surface area contributed by atoms with Gasteiger partial charge < -0.3 is 15.0 Å². The molecule has 0 aliphatic carbocycles. The molecule has 30 heavy (non-hydrogen) atoms. The van der Waals surface area contributed by atoms with Gasteiger partial charge in [-0.15, -0.1) is 0 Å². The molecule has 0 saturated carbocycles. The maximum Gasteiger partial charge on any atom is 0.335 e. The summed E-state index contributed by atoms with van der Waals surface area (Å²) in [5.74, 6) is -0.698. The van der Waals surface area contributed by atoms with Crippen LogP contribution in [0.4, 0.5) is 0 Å². The summed E-state index contributed by atoms with van der Waals surface area (Å²) in [6.45, 7) is 7.50. The smallest absolute Gasteiger partial charge is 0.335 e. The Balaban J connectivity index is 1.57. The number of nitrogens with zero attached hydrogens (tertiary/aromatic N) is 2. The van der Waals surface area contributed by atoms with Crippen LogP contribution in [0.3, 0.4) is 0 Å². The Kier molecular flexibility index (Phi) is 7.57. The molecule has 3 aliphatic heterocycles. The second kappa shape index (κ2) is 9.78. The van der Waals surface area contributed by atoms with Gasteiger partial charge in [0.2, 0.25) is 10.0 Å². The molecule has 1 N–H and O–H groups in total. The van der Waals surface area contributed by atoms with Gasteiger partial charge in [0.1, 0.15) is 5.60 Å². The van der Waals surface area contributed by atoms with Gasteiger partial charge in [0.25, 0.3) is 5.91 Å². The third-order valence-corrected chi connectivity index (χ3v) is 8.46. The minimum Gasteiger partial charge on any atom is -0.450 e. The lowest BCUT2D eigenvalue weighted by Crippen LogP contribution is -2.50. The number of nitrogens with one attached hydrogen (secondary N) is 1. The molecule has 9 heteroatoms. The van der Waals surface area contributed by atoms with E-state index in [1.165, 1.54) is 30.0 Å². The van der Waals surface area contributed by atoms with Crippen LogP contribution in [-0.4, -0.2) is 80.1 Å². The van der Waals surface area contributed by atoms with Crippen molar-refractivity contribution in [3.05, 3.63) is 11.1 Å². The molecule has 2 saturated heterocycles. The fourth-order valence-electron chi connectivity index (χ4n) is 4.74. The van der Waals surface area contributed by atoms with Crippen molar-refractivity contribution in [3.63, 3.8) is 0 Å². The molecule has 0 aromatic heterocycles. The molecule has 1 amide bonds. The second-order valence-corrected chi connectivity index (χ2v) is 10.8. The number of carbonyl (C=O) groups is 2. The Hall–Kier alpha value is -1.45. The molecule has 0 aromatic rings. The maximum atomic E-state index is 13.0. The van der Waals surface area contributed by atoms with Crippen molar-refractivity contribution in [2.24, 2.45) is 0 Å². The highest BCUT2D eigenvalue weighted by atomic mass is 32.2. The lowest BCUT2D eigenvalue weighted by molar-refractivity contribution is -0.150. The van der Waals surface area contributed by atoms with E-state index in [2.05, 4.69) is 10.2 Å². The number of ether oxygens (including phenoxy) is 1. The highest BCUT2D eigenvalue weighted by Gasteiger charge is 2.51. The van der Waals surface area contributed by atoms with Crippen LogP contribution >= 0.6 is 0 Å². The zero-order valence-electron chi connectivity index (χ0n) is 18.2. The second-order valence-electron chi connectivity index (χ2n) is 8.55. The summed E-state index contributed by atoms with van der Waals surface area (Å²) in [6, 6.07) is 0. The summed E-state index contributed by atoms with van der Waals surface area (Å²) in [4.78, 5) is 27.7. The van der Waals surface area contributed by atoms with Crippen molar-refractivity contribution in [1.82, 2.24) is 14.5 Å². The molecule has 2 fully saturated rings. The van der Waals surface area contributed by atoms with Crippen LogP contribution in [-0.2, 0) is 24.3 Å².